The number of nitrogens with zero attached hydrogens (tertiary/aromatic N) is 12. The van der Waals surface area contributed by atoms with Gasteiger partial charge in [-0.05, 0) is 85.3 Å². The molecular weight excluding hydrogens is 816 g/mol. The summed E-state index contributed by atoms with van der Waals surface area (Å²) in [5.41, 5.74) is 3.29. The first-order valence-corrected chi connectivity index (χ1v) is 19.5. The third kappa shape index (κ3) is 6.32. The number of benzene rings is 2. The van der Waals surface area contributed by atoms with Gasteiger partial charge < -0.3 is 9.80 Å². The Bertz CT molecular complexity index is 2750. The molecule has 2 aliphatic rings. The van der Waals surface area contributed by atoms with E-state index in [0.717, 1.165) is 94.9 Å². The van der Waals surface area contributed by atoms with Crippen molar-refractivity contribution in [3.63, 3.8) is 0 Å². The second kappa shape index (κ2) is 14.4. The number of aromatic nitrogens is 10. The second-order valence-electron chi connectivity index (χ2n) is 13.5. The number of halogens is 2. The highest BCUT2D eigenvalue weighted by atomic mass is 79.9. The summed E-state index contributed by atoms with van der Waals surface area (Å²) in [6, 6.07) is 19.2. The molecule has 6 aromatic heterocycles. The molecule has 8 aromatic rings. The van der Waals surface area contributed by atoms with Crippen LogP contribution in [-0.4, -0.2) is 74.5 Å². The maximum absolute atomic E-state index is 13.3. The van der Waals surface area contributed by atoms with E-state index in [1.807, 2.05) is 75.7 Å². The summed E-state index contributed by atoms with van der Waals surface area (Å²) >= 11 is 6.94. The molecule has 16 heteroatoms. The standard InChI is InChI=1S/2C19H17BrN6O/c20-14-5-6-16-15(10-14)17(27)25(12-13-4-3-7-21-11-13)19-23-22-18(26(16)19)24-8-1-2-9-24;20-14-5-6-16-15(10-14)17(27)22-18-25(12-13-4-3-7-21-11-13)23-19(26(16)18)24-8-1-2-9-24/h2*3-7,10-11H,1-2,8-9,12H2. The van der Waals surface area contributed by atoms with E-state index in [0.29, 0.717) is 35.4 Å². The Labute approximate surface area is 325 Å². The Morgan fingerprint density at radius 3 is 1.83 bits per heavy atom. The molecule has 0 bridgehead atoms. The molecule has 0 unspecified atom stereocenters. The molecule has 8 heterocycles. The Morgan fingerprint density at radius 1 is 0.630 bits per heavy atom. The van der Waals surface area contributed by atoms with Gasteiger partial charge in [0.1, 0.15) is 0 Å². The Morgan fingerprint density at radius 2 is 1.20 bits per heavy atom. The van der Waals surface area contributed by atoms with Crippen LogP contribution in [0.2, 0.25) is 0 Å². The van der Waals surface area contributed by atoms with Crippen LogP contribution in [0.1, 0.15) is 36.8 Å². The van der Waals surface area contributed by atoms with E-state index in [2.05, 4.69) is 66.8 Å². The minimum absolute atomic E-state index is 0.0805. The molecular formula is C38H34Br2N12O2. The first-order valence-electron chi connectivity index (χ1n) is 17.9. The lowest BCUT2D eigenvalue weighted by Crippen LogP contribution is -2.26. The zero-order valence-electron chi connectivity index (χ0n) is 29.1. The number of fused-ring (bicyclic) bond motifs is 6. The van der Waals surface area contributed by atoms with Crippen molar-refractivity contribution in [1.82, 2.24) is 48.3 Å². The van der Waals surface area contributed by atoms with Gasteiger partial charge in [-0.15, -0.1) is 15.3 Å². The molecule has 0 aliphatic carbocycles. The zero-order valence-corrected chi connectivity index (χ0v) is 32.3. The lowest BCUT2D eigenvalue weighted by Gasteiger charge is -2.17. The summed E-state index contributed by atoms with van der Waals surface area (Å²) in [5, 5.41) is 14.9. The molecule has 2 aromatic carbocycles. The van der Waals surface area contributed by atoms with Crippen molar-refractivity contribution in [3.8, 4) is 0 Å². The van der Waals surface area contributed by atoms with E-state index in [-0.39, 0.29) is 11.1 Å². The fourth-order valence-electron chi connectivity index (χ4n) is 7.35. The number of hydrogen-bond donors (Lipinski definition) is 0. The lowest BCUT2D eigenvalue weighted by atomic mass is 10.2. The first-order chi connectivity index (χ1) is 26.4. The van der Waals surface area contributed by atoms with Gasteiger partial charge in [0.05, 0.1) is 34.9 Å². The van der Waals surface area contributed by atoms with Gasteiger partial charge in [0.15, 0.2) is 0 Å². The van der Waals surface area contributed by atoms with Crippen LogP contribution in [0, 0.1) is 0 Å². The molecule has 2 aliphatic heterocycles. The van der Waals surface area contributed by atoms with Crippen LogP contribution in [0.5, 0.6) is 0 Å². The van der Waals surface area contributed by atoms with Crippen LogP contribution >= 0.6 is 31.9 Å². The quantitative estimate of drug-likeness (QED) is 0.205. The largest absolute Gasteiger partial charge is 0.341 e. The van der Waals surface area contributed by atoms with E-state index in [1.165, 1.54) is 0 Å². The van der Waals surface area contributed by atoms with Gasteiger partial charge >= 0.3 is 0 Å². The van der Waals surface area contributed by atoms with Crippen molar-refractivity contribution >= 4 is 77.1 Å². The first kappa shape index (κ1) is 34.3. The molecule has 14 nitrogen and oxygen atoms in total. The molecule has 0 amide bonds. The summed E-state index contributed by atoms with van der Waals surface area (Å²) in [7, 11) is 0. The van der Waals surface area contributed by atoms with Crippen molar-refractivity contribution < 1.29 is 0 Å². The number of hydrogen-bond acceptors (Lipinski definition) is 10. The SMILES string of the molecule is O=c1c2cc(Br)ccc2n2c(N3CCCC3)nnc2n1Cc1cccnc1.O=c1nc2n(Cc3cccnc3)nc(N3CCCC3)n2c2ccc(Br)cc12. The summed E-state index contributed by atoms with van der Waals surface area (Å²) in [6.07, 6.45) is 11.6. The predicted octanol–water partition coefficient (Wildman–Crippen LogP) is 5.70. The average molecular weight is 851 g/mol. The molecule has 2 fully saturated rings. The van der Waals surface area contributed by atoms with Crippen molar-refractivity contribution in [3.05, 3.63) is 126 Å². The summed E-state index contributed by atoms with van der Waals surface area (Å²) < 4.78 is 9.22. The van der Waals surface area contributed by atoms with Gasteiger partial charge in [-0.3, -0.25) is 24.1 Å². The number of anilines is 2. The van der Waals surface area contributed by atoms with E-state index in [9.17, 15) is 9.59 Å². The highest BCUT2D eigenvalue weighted by Crippen LogP contribution is 2.27. The molecule has 0 spiro atoms. The van der Waals surface area contributed by atoms with Crippen molar-refractivity contribution in [2.45, 2.75) is 38.8 Å². The van der Waals surface area contributed by atoms with Crippen molar-refractivity contribution in [1.29, 1.82) is 0 Å². The van der Waals surface area contributed by atoms with Crippen molar-refractivity contribution in [2.24, 2.45) is 0 Å². The third-order valence-electron chi connectivity index (χ3n) is 9.91. The second-order valence-corrected chi connectivity index (χ2v) is 15.3. The van der Waals surface area contributed by atoms with E-state index in [1.54, 1.807) is 27.8 Å². The third-order valence-corrected chi connectivity index (χ3v) is 10.9. The van der Waals surface area contributed by atoms with Gasteiger partial charge in [-0.2, -0.15) is 4.98 Å². The van der Waals surface area contributed by atoms with Crippen LogP contribution in [0.4, 0.5) is 11.9 Å². The molecule has 2 saturated heterocycles. The van der Waals surface area contributed by atoms with Crippen LogP contribution in [0.25, 0.3) is 33.4 Å². The molecule has 10 rings (SSSR count). The Kier molecular flexibility index (Phi) is 9.14. The van der Waals surface area contributed by atoms with E-state index < -0.39 is 0 Å². The van der Waals surface area contributed by atoms with Gasteiger partial charge in [-0.25, -0.2) is 13.5 Å². The molecule has 0 radical (unpaired) electrons. The fourth-order valence-corrected chi connectivity index (χ4v) is 8.07. The van der Waals surface area contributed by atoms with Crippen LogP contribution in [0.3, 0.4) is 0 Å². The van der Waals surface area contributed by atoms with E-state index in [4.69, 9.17) is 5.10 Å². The maximum Gasteiger partial charge on any atom is 0.282 e. The molecule has 0 saturated carbocycles. The molecule has 272 valence electrons. The number of pyridine rings is 2. The van der Waals surface area contributed by atoms with Gasteiger partial charge in [-0.1, -0.05) is 44.0 Å². The molecule has 0 atom stereocenters. The fraction of sp³-hybridized carbons (Fsp3) is 0.263. The van der Waals surface area contributed by atoms with Crippen LogP contribution in [-0.2, 0) is 13.1 Å². The van der Waals surface area contributed by atoms with Gasteiger partial charge in [0, 0.05) is 59.9 Å². The number of rotatable bonds is 6. The topological polar surface area (TPSA) is 137 Å². The summed E-state index contributed by atoms with van der Waals surface area (Å²) in [6.45, 7) is 4.75. The predicted molar refractivity (Wildman–Crippen MR) is 214 cm³/mol. The molecule has 54 heavy (non-hydrogen) atoms. The minimum atomic E-state index is -0.244. The van der Waals surface area contributed by atoms with Crippen molar-refractivity contribution in [2.75, 3.05) is 36.0 Å². The summed E-state index contributed by atoms with van der Waals surface area (Å²) in [4.78, 5) is 43.1. The average Bonchev–Trinajstić information content (AvgIpc) is 4.03. The van der Waals surface area contributed by atoms with Gasteiger partial charge in [0.2, 0.25) is 23.5 Å². The normalized spacial score (nSPS) is 14.5. The van der Waals surface area contributed by atoms with Gasteiger partial charge in [0.25, 0.3) is 11.1 Å². The zero-order chi connectivity index (χ0) is 36.8. The van der Waals surface area contributed by atoms with Crippen LogP contribution in [0.15, 0.2) is 104 Å². The monoisotopic (exact) mass is 848 g/mol. The lowest BCUT2D eigenvalue weighted by molar-refractivity contribution is 0.694. The maximum atomic E-state index is 13.3. The Hall–Kier alpha value is -5.48. The smallest absolute Gasteiger partial charge is 0.282 e. The highest BCUT2D eigenvalue weighted by Gasteiger charge is 2.24. The minimum Gasteiger partial charge on any atom is -0.341 e. The highest BCUT2D eigenvalue weighted by molar-refractivity contribution is 9.10. The van der Waals surface area contributed by atoms with Crippen LogP contribution < -0.4 is 20.9 Å². The summed E-state index contributed by atoms with van der Waals surface area (Å²) in [5.74, 6) is 2.75. The Balaban J connectivity index is 0.000000142. The molecule has 0 N–H and O–H groups in total. The van der Waals surface area contributed by atoms with E-state index >= 15 is 0 Å².